The molecule has 0 fully saturated rings. The monoisotopic (exact) mass is 251 g/mol. The zero-order valence-corrected chi connectivity index (χ0v) is 11.1. The van der Waals surface area contributed by atoms with E-state index in [1.54, 1.807) is 17.5 Å². The van der Waals surface area contributed by atoms with Crippen molar-refractivity contribution in [2.75, 3.05) is 0 Å². The minimum absolute atomic E-state index is 0.0000463. The Balaban J connectivity index is 2.18. The van der Waals surface area contributed by atoms with Gasteiger partial charge in [-0.25, -0.2) is 15.4 Å². The van der Waals surface area contributed by atoms with Crippen LogP contribution in [0, 0.1) is 13.8 Å². The molecule has 92 valence electrons. The van der Waals surface area contributed by atoms with Gasteiger partial charge in [0, 0.05) is 30.7 Å². The molecule has 1 atom stereocenters. The summed E-state index contributed by atoms with van der Waals surface area (Å²) in [5.41, 5.74) is 3.90. The number of rotatable bonds is 4. The predicted octanol–water partition coefficient (Wildman–Crippen LogP) is 1.24. The molecule has 5 nitrogen and oxygen atoms in total. The van der Waals surface area contributed by atoms with Crippen LogP contribution in [0.3, 0.4) is 0 Å². The van der Waals surface area contributed by atoms with Crippen LogP contribution in [0.2, 0.25) is 0 Å². The maximum absolute atomic E-state index is 5.60. The summed E-state index contributed by atoms with van der Waals surface area (Å²) in [5.74, 6) is 6.53. The number of aromatic nitrogens is 3. The standard InChI is InChI=1S/C11H17N5S/c1-7-8(2)17-10(14-7)6-9(15-12)11-13-4-5-16(11)3/h4-5,9,15H,6,12H2,1-3H3. The minimum Gasteiger partial charge on any atom is -0.337 e. The number of thiazole rings is 1. The van der Waals surface area contributed by atoms with Crippen LogP contribution in [-0.2, 0) is 13.5 Å². The summed E-state index contributed by atoms with van der Waals surface area (Å²) in [5, 5.41) is 1.09. The van der Waals surface area contributed by atoms with E-state index in [1.807, 2.05) is 24.7 Å². The second-order valence-electron chi connectivity index (χ2n) is 4.07. The van der Waals surface area contributed by atoms with Crippen molar-refractivity contribution in [1.29, 1.82) is 0 Å². The first kappa shape index (κ1) is 12.2. The summed E-state index contributed by atoms with van der Waals surface area (Å²) in [6.45, 7) is 4.11. The van der Waals surface area contributed by atoms with Gasteiger partial charge in [-0.2, -0.15) is 0 Å². The van der Waals surface area contributed by atoms with Crippen molar-refractivity contribution in [2.45, 2.75) is 26.3 Å². The molecule has 2 aromatic rings. The molecule has 2 aromatic heterocycles. The molecule has 0 saturated heterocycles. The second kappa shape index (κ2) is 4.95. The lowest BCUT2D eigenvalue weighted by molar-refractivity contribution is 0.506. The van der Waals surface area contributed by atoms with Gasteiger partial charge in [-0.1, -0.05) is 0 Å². The average Bonchev–Trinajstić information content (AvgIpc) is 2.83. The van der Waals surface area contributed by atoms with E-state index in [0.717, 1.165) is 22.9 Å². The SMILES string of the molecule is Cc1nc(CC(NN)c2nccn2C)sc1C. The zero-order chi connectivity index (χ0) is 12.4. The molecule has 0 bridgehead atoms. The van der Waals surface area contributed by atoms with Crippen LogP contribution in [-0.4, -0.2) is 14.5 Å². The van der Waals surface area contributed by atoms with E-state index in [0.29, 0.717) is 0 Å². The van der Waals surface area contributed by atoms with Crippen LogP contribution < -0.4 is 11.3 Å². The van der Waals surface area contributed by atoms with Crippen molar-refractivity contribution in [3.05, 3.63) is 33.8 Å². The first-order chi connectivity index (χ1) is 8.11. The Labute approximate surface area is 105 Å². The lowest BCUT2D eigenvalue weighted by Crippen LogP contribution is -2.31. The maximum atomic E-state index is 5.60. The predicted molar refractivity (Wildman–Crippen MR) is 68.6 cm³/mol. The molecule has 3 N–H and O–H groups in total. The van der Waals surface area contributed by atoms with Crippen molar-refractivity contribution < 1.29 is 0 Å². The molecule has 0 amide bonds. The molecule has 17 heavy (non-hydrogen) atoms. The van der Waals surface area contributed by atoms with E-state index in [9.17, 15) is 0 Å². The van der Waals surface area contributed by atoms with Gasteiger partial charge in [-0.05, 0) is 13.8 Å². The van der Waals surface area contributed by atoms with Gasteiger partial charge in [0.25, 0.3) is 0 Å². The Kier molecular flexibility index (Phi) is 3.56. The second-order valence-corrected chi connectivity index (χ2v) is 5.36. The van der Waals surface area contributed by atoms with Crippen LogP contribution in [0.25, 0.3) is 0 Å². The van der Waals surface area contributed by atoms with Gasteiger partial charge in [0.1, 0.15) is 5.82 Å². The molecular weight excluding hydrogens is 234 g/mol. The van der Waals surface area contributed by atoms with Crippen molar-refractivity contribution in [3.8, 4) is 0 Å². The summed E-state index contributed by atoms with van der Waals surface area (Å²) in [7, 11) is 1.96. The molecule has 1 unspecified atom stereocenters. The maximum Gasteiger partial charge on any atom is 0.127 e. The third kappa shape index (κ3) is 2.54. The molecule has 6 heteroatoms. The summed E-state index contributed by atoms with van der Waals surface area (Å²) in [6, 6.07) is -0.0000463. The molecular formula is C11H17N5S. The van der Waals surface area contributed by atoms with Crippen molar-refractivity contribution in [2.24, 2.45) is 12.9 Å². The van der Waals surface area contributed by atoms with Crippen LogP contribution in [0.15, 0.2) is 12.4 Å². The first-order valence-electron chi connectivity index (χ1n) is 5.48. The quantitative estimate of drug-likeness (QED) is 0.633. The van der Waals surface area contributed by atoms with E-state index in [-0.39, 0.29) is 6.04 Å². The van der Waals surface area contributed by atoms with Gasteiger partial charge < -0.3 is 4.57 Å². The fraction of sp³-hybridized carbons (Fsp3) is 0.455. The third-order valence-electron chi connectivity index (χ3n) is 2.82. The van der Waals surface area contributed by atoms with Crippen molar-refractivity contribution >= 4 is 11.3 Å². The average molecular weight is 251 g/mol. The fourth-order valence-electron chi connectivity index (χ4n) is 1.74. The van der Waals surface area contributed by atoms with Crippen LogP contribution in [0.5, 0.6) is 0 Å². The van der Waals surface area contributed by atoms with Gasteiger partial charge in [0.15, 0.2) is 0 Å². The number of nitrogens with zero attached hydrogens (tertiary/aromatic N) is 3. The minimum atomic E-state index is -0.0000463. The number of nitrogens with two attached hydrogens (primary N) is 1. The normalized spacial score (nSPS) is 12.9. The molecule has 2 rings (SSSR count). The van der Waals surface area contributed by atoms with E-state index in [4.69, 9.17) is 5.84 Å². The number of hydrogen-bond acceptors (Lipinski definition) is 5. The van der Waals surface area contributed by atoms with Crippen molar-refractivity contribution in [3.63, 3.8) is 0 Å². The summed E-state index contributed by atoms with van der Waals surface area (Å²) in [6.07, 6.45) is 4.46. The molecule has 0 aliphatic rings. The van der Waals surface area contributed by atoms with E-state index < -0.39 is 0 Å². The molecule has 0 aliphatic carbocycles. The largest absolute Gasteiger partial charge is 0.337 e. The molecule has 0 spiro atoms. The van der Waals surface area contributed by atoms with Crippen molar-refractivity contribution in [1.82, 2.24) is 20.0 Å². The molecule has 0 aliphatic heterocycles. The highest BCUT2D eigenvalue weighted by Gasteiger charge is 2.17. The Bertz CT molecular complexity index is 482. The number of nitrogens with one attached hydrogen (secondary N) is 1. The summed E-state index contributed by atoms with van der Waals surface area (Å²) < 4.78 is 1.97. The fourth-order valence-corrected chi connectivity index (χ4v) is 2.72. The Morgan fingerprint density at radius 1 is 1.53 bits per heavy atom. The lowest BCUT2D eigenvalue weighted by Gasteiger charge is -2.13. The Hall–Kier alpha value is -1.24. The number of aryl methyl sites for hydroxylation is 3. The van der Waals surface area contributed by atoms with Gasteiger partial charge in [-0.15, -0.1) is 11.3 Å². The van der Waals surface area contributed by atoms with Gasteiger partial charge in [-0.3, -0.25) is 5.84 Å². The number of hydrogen-bond donors (Lipinski definition) is 2. The van der Waals surface area contributed by atoms with Crippen LogP contribution >= 0.6 is 11.3 Å². The molecule has 0 saturated carbocycles. The Morgan fingerprint density at radius 2 is 2.29 bits per heavy atom. The highest BCUT2D eigenvalue weighted by atomic mass is 32.1. The topological polar surface area (TPSA) is 68.8 Å². The highest BCUT2D eigenvalue weighted by Crippen LogP contribution is 2.22. The summed E-state index contributed by atoms with van der Waals surface area (Å²) in [4.78, 5) is 10.1. The number of hydrazine groups is 1. The third-order valence-corrected chi connectivity index (χ3v) is 3.92. The molecule has 0 aromatic carbocycles. The van der Waals surface area contributed by atoms with Gasteiger partial charge in [0.05, 0.1) is 16.7 Å². The molecule has 0 radical (unpaired) electrons. The zero-order valence-electron chi connectivity index (χ0n) is 10.3. The van der Waals surface area contributed by atoms with E-state index in [1.165, 1.54) is 4.88 Å². The Morgan fingerprint density at radius 3 is 2.76 bits per heavy atom. The molecule has 2 heterocycles. The number of imidazole rings is 1. The van der Waals surface area contributed by atoms with Crippen LogP contribution in [0.1, 0.15) is 27.4 Å². The van der Waals surface area contributed by atoms with E-state index in [2.05, 4.69) is 22.3 Å². The smallest absolute Gasteiger partial charge is 0.127 e. The lowest BCUT2D eigenvalue weighted by atomic mass is 10.2. The van der Waals surface area contributed by atoms with Gasteiger partial charge in [0.2, 0.25) is 0 Å². The van der Waals surface area contributed by atoms with E-state index >= 15 is 0 Å². The summed E-state index contributed by atoms with van der Waals surface area (Å²) >= 11 is 1.72. The van der Waals surface area contributed by atoms with Gasteiger partial charge >= 0.3 is 0 Å². The van der Waals surface area contributed by atoms with Crippen LogP contribution in [0.4, 0.5) is 0 Å². The highest BCUT2D eigenvalue weighted by molar-refractivity contribution is 7.11. The first-order valence-corrected chi connectivity index (χ1v) is 6.29.